The molecule has 4 nitrogen and oxygen atoms in total. The summed E-state index contributed by atoms with van der Waals surface area (Å²) in [4.78, 5) is 0. The third-order valence-corrected chi connectivity index (χ3v) is 3.44. The van der Waals surface area contributed by atoms with E-state index in [1.807, 2.05) is 0 Å². The Labute approximate surface area is 115 Å². The molecule has 0 heterocycles. The van der Waals surface area contributed by atoms with Crippen molar-refractivity contribution in [2.75, 3.05) is 0 Å². The molecule has 0 radical (unpaired) electrons. The van der Waals surface area contributed by atoms with Crippen molar-refractivity contribution in [1.82, 2.24) is 0 Å². The lowest BCUT2D eigenvalue weighted by Crippen LogP contribution is -2.18. The van der Waals surface area contributed by atoms with Crippen LogP contribution in [0.1, 0.15) is 38.5 Å². The predicted octanol–water partition coefficient (Wildman–Crippen LogP) is 2.21. The molecule has 2 aliphatic rings. The van der Waals surface area contributed by atoms with Gasteiger partial charge in [0.15, 0.2) is 0 Å². The Kier molecular flexibility index (Phi) is 7.71. The summed E-state index contributed by atoms with van der Waals surface area (Å²) in [6.45, 7) is -5.29. The van der Waals surface area contributed by atoms with Crippen molar-refractivity contribution >= 4 is 0 Å². The summed E-state index contributed by atoms with van der Waals surface area (Å²) in [5.41, 5.74) is 11.0. The molecule has 2 fully saturated rings. The fourth-order valence-electron chi connectivity index (χ4n) is 2.48. The van der Waals surface area contributed by atoms with Crippen LogP contribution in [-0.2, 0) is 9.47 Å². The van der Waals surface area contributed by atoms with Crippen LogP contribution in [0.25, 0.3) is 0 Å². The monoisotopic (exact) mass is 302 g/mol. The molecule has 120 valence electrons. The zero-order chi connectivity index (χ0) is 15.1. The van der Waals surface area contributed by atoms with Gasteiger partial charge in [0.2, 0.25) is 0 Å². The van der Waals surface area contributed by atoms with Crippen molar-refractivity contribution in [3.8, 4) is 0 Å². The first-order valence-corrected chi connectivity index (χ1v) is 6.75. The van der Waals surface area contributed by atoms with E-state index in [9.17, 15) is 17.6 Å². The van der Waals surface area contributed by atoms with Crippen LogP contribution in [0.4, 0.5) is 17.6 Å². The number of nitrogens with two attached hydrogens (primary N) is 2. The molecule has 0 amide bonds. The Balaban J connectivity index is 0.000000200. The van der Waals surface area contributed by atoms with E-state index < -0.39 is 13.2 Å². The molecule has 2 saturated carbocycles. The summed E-state index contributed by atoms with van der Waals surface area (Å²) in [5, 5.41) is 0. The van der Waals surface area contributed by atoms with E-state index in [0.717, 1.165) is 12.8 Å². The highest BCUT2D eigenvalue weighted by molar-refractivity contribution is 4.78. The SMILES string of the molecule is N[C@@H]1CC[C@H](OC(F)F)C1.N[C@H]1CC[C@@H](OC(F)F)C1. The molecule has 20 heavy (non-hydrogen) atoms. The van der Waals surface area contributed by atoms with Crippen LogP contribution in [0.15, 0.2) is 0 Å². The molecule has 0 spiro atoms. The molecule has 0 aromatic carbocycles. The van der Waals surface area contributed by atoms with Crippen molar-refractivity contribution in [1.29, 1.82) is 0 Å². The minimum absolute atomic E-state index is 0.0590. The lowest BCUT2D eigenvalue weighted by molar-refractivity contribution is -0.161. The highest BCUT2D eigenvalue weighted by Crippen LogP contribution is 2.22. The third-order valence-electron chi connectivity index (χ3n) is 3.44. The van der Waals surface area contributed by atoms with Crippen molar-refractivity contribution in [3.63, 3.8) is 0 Å². The van der Waals surface area contributed by atoms with Crippen molar-refractivity contribution in [2.24, 2.45) is 11.5 Å². The van der Waals surface area contributed by atoms with E-state index in [2.05, 4.69) is 9.47 Å². The molecule has 0 saturated heterocycles. The molecule has 0 bridgehead atoms. The van der Waals surface area contributed by atoms with Gasteiger partial charge in [-0.25, -0.2) is 0 Å². The van der Waals surface area contributed by atoms with Gasteiger partial charge >= 0.3 is 13.2 Å². The highest BCUT2D eigenvalue weighted by atomic mass is 19.3. The summed E-state index contributed by atoms with van der Waals surface area (Å²) in [6.07, 6.45) is 3.48. The molecule has 8 heteroatoms. The highest BCUT2D eigenvalue weighted by Gasteiger charge is 2.25. The fourth-order valence-corrected chi connectivity index (χ4v) is 2.48. The maximum Gasteiger partial charge on any atom is 0.345 e. The molecule has 0 aromatic heterocycles. The van der Waals surface area contributed by atoms with Crippen molar-refractivity contribution in [2.45, 2.75) is 76.0 Å². The quantitative estimate of drug-likeness (QED) is 0.781. The maximum atomic E-state index is 11.6. The third kappa shape index (κ3) is 7.37. The Hall–Kier alpha value is -0.440. The topological polar surface area (TPSA) is 70.5 Å². The van der Waals surface area contributed by atoms with Gasteiger partial charge in [-0.1, -0.05) is 0 Å². The van der Waals surface area contributed by atoms with E-state index in [1.165, 1.54) is 0 Å². The summed E-state index contributed by atoms with van der Waals surface area (Å²) < 4.78 is 54.7. The minimum Gasteiger partial charge on any atom is -0.328 e. The van der Waals surface area contributed by atoms with E-state index >= 15 is 0 Å². The van der Waals surface area contributed by atoms with Gasteiger partial charge in [0.1, 0.15) is 0 Å². The molecule has 0 unspecified atom stereocenters. The van der Waals surface area contributed by atoms with Crippen LogP contribution < -0.4 is 11.5 Å². The second-order valence-corrected chi connectivity index (χ2v) is 5.18. The van der Waals surface area contributed by atoms with Gasteiger partial charge in [-0.05, 0) is 38.5 Å². The minimum atomic E-state index is -2.64. The smallest absolute Gasteiger partial charge is 0.328 e. The van der Waals surface area contributed by atoms with Gasteiger partial charge in [0.05, 0.1) is 12.2 Å². The Morgan fingerprint density at radius 2 is 1.05 bits per heavy atom. The second-order valence-electron chi connectivity index (χ2n) is 5.18. The molecule has 2 aliphatic carbocycles. The number of hydrogen-bond donors (Lipinski definition) is 2. The molecule has 4 N–H and O–H groups in total. The van der Waals surface area contributed by atoms with Gasteiger partial charge in [-0.3, -0.25) is 0 Å². The fraction of sp³-hybridized carbons (Fsp3) is 1.00. The Morgan fingerprint density at radius 1 is 0.700 bits per heavy atom. The summed E-state index contributed by atoms with van der Waals surface area (Å²) >= 11 is 0. The van der Waals surface area contributed by atoms with E-state index in [4.69, 9.17) is 11.5 Å². The normalized spacial score (nSPS) is 33.6. The molecular weight excluding hydrogens is 280 g/mol. The van der Waals surface area contributed by atoms with Gasteiger partial charge < -0.3 is 20.9 Å². The zero-order valence-electron chi connectivity index (χ0n) is 11.2. The first-order chi connectivity index (χ1) is 9.36. The van der Waals surface area contributed by atoms with Gasteiger partial charge in [0, 0.05) is 12.1 Å². The average Bonchev–Trinajstić information content (AvgIpc) is 2.87. The largest absolute Gasteiger partial charge is 0.345 e. The van der Waals surface area contributed by atoms with Crippen LogP contribution >= 0.6 is 0 Å². The number of hydrogen-bond acceptors (Lipinski definition) is 4. The number of ether oxygens (including phenoxy) is 2. The van der Waals surface area contributed by atoms with E-state index in [1.54, 1.807) is 0 Å². The zero-order valence-corrected chi connectivity index (χ0v) is 11.2. The lowest BCUT2D eigenvalue weighted by atomic mass is 10.3. The Bertz CT molecular complexity index is 246. The molecular formula is C12H22F4N2O2. The summed E-state index contributed by atoms with van der Waals surface area (Å²) in [5.74, 6) is 0. The second kappa shape index (κ2) is 8.76. The summed E-state index contributed by atoms with van der Waals surface area (Å²) in [6, 6.07) is 0.118. The van der Waals surface area contributed by atoms with Crippen LogP contribution in [0, 0.1) is 0 Å². The van der Waals surface area contributed by atoms with Gasteiger partial charge in [0.25, 0.3) is 0 Å². The molecule has 2 rings (SSSR count). The first-order valence-electron chi connectivity index (χ1n) is 6.75. The lowest BCUT2D eigenvalue weighted by Gasteiger charge is -2.08. The molecule has 0 aliphatic heterocycles. The van der Waals surface area contributed by atoms with Crippen molar-refractivity contribution in [3.05, 3.63) is 0 Å². The number of rotatable bonds is 4. The van der Waals surface area contributed by atoms with Crippen LogP contribution in [0.3, 0.4) is 0 Å². The molecule has 4 atom stereocenters. The van der Waals surface area contributed by atoms with Crippen LogP contribution in [0.2, 0.25) is 0 Å². The van der Waals surface area contributed by atoms with E-state index in [-0.39, 0.29) is 24.3 Å². The van der Waals surface area contributed by atoms with Crippen molar-refractivity contribution < 1.29 is 27.0 Å². The number of halogens is 4. The van der Waals surface area contributed by atoms with Crippen LogP contribution in [-0.4, -0.2) is 37.5 Å². The summed E-state index contributed by atoms with van der Waals surface area (Å²) in [7, 11) is 0. The number of alkyl halides is 4. The average molecular weight is 302 g/mol. The predicted molar refractivity (Wildman–Crippen MR) is 65.4 cm³/mol. The molecule has 0 aromatic rings. The Morgan fingerprint density at radius 3 is 1.25 bits per heavy atom. The van der Waals surface area contributed by atoms with E-state index in [0.29, 0.717) is 25.7 Å². The van der Waals surface area contributed by atoms with Gasteiger partial charge in [-0.2, -0.15) is 17.6 Å². The first kappa shape index (κ1) is 17.6. The van der Waals surface area contributed by atoms with Crippen LogP contribution in [0.5, 0.6) is 0 Å². The standard InChI is InChI=1S/2C6H11F2NO/c2*7-6(8)10-5-2-1-4(9)3-5/h2*4-6H,1-3,9H2/t2*4-,5+/m10/s1. The van der Waals surface area contributed by atoms with Gasteiger partial charge in [-0.15, -0.1) is 0 Å². The maximum absolute atomic E-state index is 11.6.